The smallest absolute Gasteiger partial charge is 0.0510 e. The molecule has 0 bridgehead atoms. The van der Waals surface area contributed by atoms with Crippen molar-refractivity contribution in [2.24, 2.45) is 11.8 Å². The fourth-order valence-electron chi connectivity index (χ4n) is 4.42. The molecule has 0 aromatic rings. The molecular formula is C15H31N3O. The number of hydrazine groups is 1. The molecule has 0 spiro atoms. The number of nitrogens with one attached hydrogen (secondary N) is 1. The average molecular weight is 269 g/mol. The van der Waals surface area contributed by atoms with Gasteiger partial charge in [0.05, 0.1) is 6.61 Å². The maximum absolute atomic E-state index is 5.98. The minimum absolute atomic E-state index is 0.254. The highest BCUT2D eigenvalue weighted by Crippen LogP contribution is 2.41. The highest BCUT2D eigenvalue weighted by atomic mass is 16.5. The summed E-state index contributed by atoms with van der Waals surface area (Å²) in [4.78, 5) is 2.64. The van der Waals surface area contributed by atoms with E-state index in [9.17, 15) is 0 Å². The zero-order valence-electron chi connectivity index (χ0n) is 12.7. The zero-order valence-corrected chi connectivity index (χ0v) is 12.7. The fraction of sp³-hybridized carbons (Fsp3) is 1.00. The number of nitrogens with zero attached hydrogens (tertiary/aromatic N) is 1. The summed E-state index contributed by atoms with van der Waals surface area (Å²) in [6, 6.07) is 0.371. The molecule has 2 atom stereocenters. The van der Waals surface area contributed by atoms with Crippen LogP contribution in [0.1, 0.15) is 52.4 Å². The largest absolute Gasteiger partial charge is 0.381 e. The minimum Gasteiger partial charge on any atom is -0.381 e. The second-order valence-electron chi connectivity index (χ2n) is 6.10. The average Bonchev–Trinajstić information content (AvgIpc) is 2.92. The molecule has 0 aromatic carbocycles. The summed E-state index contributed by atoms with van der Waals surface area (Å²) in [7, 11) is 0. The summed E-state index contributed by atoms with van der Waals surface area (Å²) < 4.78 is 5.70. The number of hydrogen-bond acceptors (Lipinski definition) is 4. The second-order valence-corrected chi connectivity index (χ2v) is 6.10. The Hall–Kier alpha value is -0.160. The van der Waals surface area contributed by atoms with Crippen LogP contribution in [0.2, 0.25) is 0 Å². The molecule has 4 nitrogen and oxygen atoms in total. The van der Waals surface area contributed by atoms with Gasteiger partial charge in [0.2, 0.25) is 0 Å². The van der Waals surface area contributed by atoms with E-state index < -0.39 is 0 Å². The lowest BCUT2D eigenvalue weighted by Crippen LogP contribution is -2.64. The lowest BCUT2D eigenvalue weighted by molar-refractivity contribution is -0.0172. The monoisotopic (exact) mass is 269 g/mol. The molecule has 2 rings (SSSR count). The van der Waals surface area contributed by atoms with Gasteiger partial charge in [0, 0.05) is 24.1 Å². The molecule has 2 fully saturated rings. The van der Waals surface area contributed by atoms with Gasteiger partial charge in [-0.15, -0.1) is 0 Å². The molecule has 0 radical (unpaired) electrons. The van der Waals surface area contributed by atoms with Crippen molar-refractivity contribution in [3.05, 3.63) is 0 Å². The molecule has 1 saturated heterocycles. The first-order chi connectivity index (χ1) is 9.28. The summed E-state index contributed by atoms with van der Waals surface area (Å²) in [5.41, 5.74) is 3.44. The molecule has 1 aliphatic carbocycles. The lowest BCUT2D eigenvalue weighted by Gasteiger charge is -2.49. The molecule has 0 amide bonds. The Morgan fingerprint density at radius 1 is 1.26 bits per heavy atom. The van der Waals surface area contributed by atoms with Crippen molar-refractivity contribution < 1.29 is 4.74 Å². The maximum atomic E-state index is 5.98. The molecular weight excluding hydrogens is 238 g/mol. The van der Waals surface area contributed by atoms with Gasteiger partial charge < -0.3 is 4.74 Å². The number of likely N-dealkylation sites (N-methyl/N-ethyl adjacent to an activating group) is 1. The van der Waals surface area contributed by atoms with E-state index in [1.54, 1.807) is 0 Å². The van der Waals surface area contributed by atoms with Gasteiger partial charge in [-0.2, -0.15) is 0 Å². The highest BCUT2D eigenvalue weighted by Gasteiger charge is 2.47. The van der Waals surface area contributed by atoms with E-state index in [1.807, 2.05) is 0 Å². The second kappa shape index (κ2) is 7.02. The van der Waals surface area contributed by atoms with Crippen molar-refractivity contribution >= 4 is 0 Å². The summed E-state index contributed by atoms with van der Waals surface area (Å²) in [5, 5.41) is 0. The van der Waals surface area contributed by atoms with E-state index in [1.165, 1.54) is 38.5 Å². The van der Waals surface area contributed by atoms with Crippen LogP contribution in [0.4, 0.5) is 0 Å². The molecule has 112 valence electrons. The third-order valence-corrected chi connectivity index (χ3v) is 5.29. The van der Waals surface area contributed by atoms with Crippen LogP contribution >= 0.6 is 0 Å². The Kier molecular flexibility index (Phi) is 5.63. The lowest BCUT2D eigenvalue weighted by atomic mass is 9.77. The number of ether oxygens (including phenoxy) is 1. The van der Waals surface area contributed by atoms with Crippen LogP contribution in [0.15, 0.2) is 0 Å². The van der Waals surface area contributed by atoms with Gasteiger partial charge in [-0.05, 0) is 38.8 Å². The zero-order chi connectivity index (χ0) is 13.7. The summed E-state index contributed by atoms with van der Waals surface area (Å²) in [6.45, 7) is 8.57. The first-order valence-electron chi connectivity index (χ1n) is 8.07. The van der Waals surface area contributed by atoms with Gasteiger partial charge in [0.1, 0.15) is 0 Å². The number of rotatable bonds is 6. The van der Waals surface area contributed by atoms with Crippen LogP contribution in [0.25, 0.3) is 0 Å². The Labute approximate surface area is 118 Å². The van der Waals surface area contributed by atoms with Gasteiger partial charge in [0.25, 0.3) is 0 Å². The van der Waals surface area contributed by atoms with E-state index in [2.05, 4.69) is 24.2 Å². The third-order valence-electron chi connectivity index (χ3n) is 5.29. The fourth-order valence-corrected chi connectivity index (χ4v) is 4.42. The van der Waals surface area contributed by atoms with Crippen molar-refractivity contribution in [3.63, 3.8) is 0 Å². The quantitative estimate of drug-likeness (QED) is 0.571. The van der Waals surface area contributed by atoms with Crippen LogP contribution in [0, 0.1) is 5.92 Å². The van der Waals surface area contributed by atoms with E-state index in [-0.39, 0.29) is 5.54 Å². The van der Waals surface area contributed by atoms with Crippen LogP contribution < -0.4 is 11.3 Å². The third kappa shape index (κ3) is 2.97. The molecule has 1 heterocycles. The van der Waals surface area contributed by atoms with E-state index in [0.29, 0.717) is 12.0 Å². The Bertz CT molecular complexity index is 256. The van der Waals surface area contributed by atoms with Gasteiger partial charge in [0.15, 0.2) is 0 Å². The molecule has 0 aromatic heterocycles. The van der Waals surface area contributed by atoms with Crippen LogP contribution in [-0.4, -0.2) is 42.8 Å². The summed E-state index contributed by atoms with van der Waals surface area (Å²) >= 11 is 0. The predicted molar refractivity (Wildman–Crippen MR) is 78.8 cm³/mol. The Balaban J connectivity index is 2.19. The van der Waals surface area contributed by atoms with E-state index in [0.717, 1.165) is 26.3 Å². The van der Waals surface area contributed by atoms with Gasteiger partial charge in [-0.1, -0.05) is 26.7 Å². The molecule has 2 aliphatic rings. The predicted octanol–water partition coefficient (Wildman–Crippen LogP) is 1.90. The molecule has 19 heavy (non-hydrogen) atoms. The highest BCUT2D eigenvalue weighted by molar-refractivity contribution is 5.05. The van der Waals surface area contributed by atoms with Crippen molar-refractivity contribution in [3.8, 4) is 0 Å². The topological polar surface area (TPSA) is 50.5 Å². The van der Waals surface area contributed by atoms with Gasteiger partial charge >= 0.3 is 0 Å². The Morgan fingerprint density at radius 3 is 2.42 bits per heavy atom. The molecule has 3 N–H and O–H groups in total. The van der Waals surface area contributed by atoms with Crippen LogP contribution in [0.5, 0.6) is 0 Å². The molecule has 4 heteroatoms. The normalized spacial score (nSPS) is 28.7. The van der Waals surface area contributed by atoms with Gasteiger partial charge in [-0.3, -0.25) is 16.2 Å². The maximum Gasteiger partial charge on any atom is 0.0510 e. The van der Waals surface area contributed by atoms with Crippen molar-refractivity contribution in [2.45, 2.75) is 64.0 Å². The van der Waals surface area contributed by atoms with E-state index >= 15 is 0 Å². The van der Waals surface area contributed by atoms with Gasteiger partial charge in [-0.25, -0.2) is 0 Å². The summed E-state index contributed by atoms with van der Waals surface area (Å²) in [5.74, 6) is 6.55. The first kappa shape index (κ1) is 15.2. The van der Waals surface area contributed by atoms with E-state index in [4.69, 9.17) is 10.6 Å². The molecule has 1 saturated carbocycles. The van der Waals surface area contributed by atoms with Crippen molar-refractivity contribution in [1.82, 2.24) is 10.3 Å². The van der Waals surface area contributed by atoms with Crippen molar-refractivity contribution in [2.75, 3.05) is 26.3 Å². The number of hydrogen-bond donors (Lipinski definition) is 2. The van der Waals surface area contributed by atoms with Crippen molar-refractivity contribution in [1.29, 1.82) is 0 Å². The minimum atomic E-state index is 0.254. The van der Waals surface area contributed by atoms with Crippen LogP contribution in [0.3, 0.4) is 0 Å². The van der Waals surface area contributed by atoms with Crippen LogP contribution in [-0.2, 0) is 4.74 Å². The SMILES string of the molecule is CCN(CC)C1(C(NN)C2CCCOC2)CCCC1. The Morgan fingerprint density at radius 2 is 1.95 bits per heavy atom. The molecule has 2 unspecified atom stereocenters. The first-order valence-corrected chi connectivity index (χ1v) is 8.07. The molecule has 1 aliphatic heterocycles. The summed E-state index contributed by atoms with van der Waals surface area (Å²) in [6.07, 6.45) is 7.65. The standard InChI is InChI=1S/C15H31N3O/c1-3-18(4-2)15(9-5-6-10-15)14(17-16)13-8-7-11-19-12-13/h13-14,17H,3-12,16H2,1-2H3. The number of nitrogens with two attached hydrogens (primary N) is 1.